The van der Waals surface area contributed by atoms with E-state index >= 15 is 0 Å². The number of H-pyrrole nitrogens is 1. The van der Waals surface area contributed by atoms with Crippen LogP contribution in [0.3, 0.4) is 0 Å². The summed E-state index contributed by atoms with van der Waals surface area (Å²) in [4.78, 5) is 25.7. The van der Waals surface area contributed by atoms with Crippen LogP contribution >= 0.6 is 23.4 Å². The molecule has 0 aliphatic rings. The van der Waals surface area contributed by atoms with Crippen LogP contribution in [0.25, 0.3) is 0 Å². The van der Waals surface area contributed by atoms with Crippen molar-refractivity contribution < 1.29 is 0 Å². The molecule has 0 spiro atoms. The number of rotatable bonds is 5. The first kappa shape index (κ1) is 13.4. The Balaban J connectivity index is 2.85. The van der Waals surface area contributed by atoms with Crippen LogP contribution in [-0.2, 0) is 6.54 Å². The van der Waals surface area contributed by atoms with E-state index in [2.05, 4.69) is 4.98 Å². The summed E-state index contributed by atoms with van der Waals surface area (Å²) in [5.74, 6) is 1.04. The zero-order valence-corrected chi connectivity index (χ0v) is 11.0. The van der Waals surface area contributed by atoms with E-state index in [9.17, 15) is 9.59 Å². The van der Waals surface area contributed by atoms with Gasteiger partial charge in [-0.15, -0.1) is 0 Å². The second-order valence-electron chi connectivity index (χ2n) is 3.53. The van der Waals surface area contributed by atoms with Gasteiger partial charge < -0.3 is 0 Å². The Morgan fingerprint density at radius 3 is 2.69 bits per heavy atom. The quantitative estimate of drug-likeness (QED) is 0.648. The fourth-order valence-corrected chi connectivity index (χ4v) is 2.02. The lowest BCUT2D eigenvalue weighted by Crippen LogP contribution is -2.36. The predicted octanol–water partition coefficient (Wildman–Crippen LogP) is 1.64. The molecular weight excluding hydrogens is 248 g/mol. The van der Waals surface area contributed by atoms with Crippen LogP contribution < -0.4 is 11.2 Å². The minimum atomic E-state index is -0.426. The topological polar surface area (TPSA) is 54.9 Å². The molecule has 1 rings (SSSR count). The molecule has 1 aromatic rings. The molecule has 0 aliphatic heterocycles. The van der Waals surface area contributed by atoms with Crippen molar-refractivity contribution in [2.45, 2.75) is 26.3 Å². The third-order valence-corrected chi connectivity index (χ3v) is 3.41. The highest BCUT2D eigenvalue weighted by Crippen LogP contribution is 2.04. The maximum atomic E-state index is 11.7. The summed E-state index contributed by atoms with van der Waals surface area (Å²) in [6, 6.07) is 0. The monoisotopic (exact) mass is 262 g/mol. The summed E-state index contributed by atoms with van der Waals surface area (Å²) in [7, 11) is 0. The molecule has 0 saturated heterocycles. The summed E-state index contributed by atoms with van der Waals surface area (Å²) in [6.07, 6.45) is 3.85. The first-order valence-electron chi connectivity index (χ1n) is 5.06. The molecule has 0 aliphatic carbocycles. The van der Waals surface area contributed by atoms with Gasteiger partial charge in [0.05, 0.1) is 0 Å². The van der Waals surface area contributed by atoms with Crippen LogP contribution in [0.4, 0.5) is 0 Å². The number of nitrogens with one attached hydrogen (secondary N) is 1. The highest BCUT2D eigenvalue weighted by atomic mass is 35.5. The van der Waals surface area contributed by atoms with Gasteiger partial charge in [0, 0.05) is 12.1 Å². The third-order valence-electron chi connectivity index (χ3n) is 2.34. The minimum absolute atomic E-state index is 0.135. The van der Waals surface area contributed by atoms with Crippen molar-refractivity contribution in [2.75, 3.05) is 12.0 Å². The molecule has 16 heavy (non-hydrogen) atoms. The molecule has 0 saturated carbocycles. The molecule has 1 heterocycles. The van der Waals surface area contributed by atoms with E-state index < -0.39 is 5.69 Å². The molecule has 1 N–H and O–H groups in total. The van der Waals surface area contributed by atoms with E-state index in [1.807, 2.05) is 6.26 Å². The Kier molecular flexibility index (Phi) is 5.15. The molecule has 0 aromatic carbocycles. The molecule has 0 unspecified atom stereocenters. The Morgan fingerprint density at radius 2 is 2.06 bits per heavy atom. The number of hydrogen-bond acceptors (Lipinski definition) is 3. The van der Waals surface area contributed by atoms with Gasteiger partial charge in [0.2, 0.25) is 0 Å². The summed E-state index contributed by atoms with van der Waals surface area (Å²) in [5, 5.41) is 0.135. The fraction of sp³-hybridized carbons (Fsp3) is 0.600. The largest absolute Gasteiger partial charge is 0.329 e. The number of thioether (sulfide) groups is 1. The summed E-state index contributed by atoms with van der Waals surface area (Å²) in [5.41, 5.74) is -0.325. The van der Waals surface area contributed by atoms with E-state index in [0.717, 1.165) is 18.6 Å². The number of unbranched alkanes of at least 4 members (excludes halogenated alkanes) is 1. The van der Waals surface area contributed by atoms with E-state index in [1.54, 1.807) is 18.7 Å². The molecule has 4 nitrogen and oxygen atoms in total. The second-order valence-corrected chi connectivity index (χ2v) is 4.89. The molecular formula is C10H15ClN2O2S. The maximum absolute atomic E-state index is 11.7. The maximum Gasteiger partial charge on any atom is 0.329 e. The van der Waals surface area contributed by atoms with Crippen molar-refractivity contribution in [2.24, 2.45) is 0 Å². The molecule has 0 bridgehead atoms. The average Bonchev–Trinajstić information content (AvgIpc) is 2.25. The van der Waals surface area contributed by atoms with E-state index in [1.165, 1.54) is 4.57 Å². The van der Waals surface area contributed by atoms with Crippen molar-refractivity contribution in [3.63, 3.8) is 0 Å². The van der Waals surface area contributed by atoms with Crippen molar-refractivity contribution in [1.82, 2.24) is 9.55 Å². The molecule has 90 valence electrons. The number of aromatic nitrogens is 2. The second kappa shape index (κ2) is 6.15. The van der Waals surface area contributed by atoms with Gasteiger partial charge in [0.15, 0.2) is 0 Å². The van der Waals surface area contributed by atoms with E-state index in [-0.39, 0.29) is 10.7 Å². The minimum Gasteiger partial charge on any atom is -0.297 e. The Labute approximate surface area is 103 Å². The first-order valence-corrected chi connectivity index (χ1v) is 6.83. The van der Waals surface area contributed by atoms with E-state index in [0.29, 0.717) is 12.1 Å². The zero-order valence-electron chi connectivity index (χ0n) is 9.38. The lowest BCUT2D eigenvalue weighted by atomic mass is 10.3. The van der Waals surface area contributed by atoms with Crippen LogP contribution in [0.15, 0.2) is 9.59 Å². The number of halogens is 1. The molecule has 0 fully saturated rings. The molecule has 0 atom stereocenters. The van der Waals surface area contributed by atoms with Crippen molar-refractivity contribution >= 4 is 23.4 Å². The Morgan fingerprint density at radius 1 is 1.38 bits per heavy atom. The van der Waals surface area contributed by atoms with Crippen LogP contribution in [0.1, 0.15) is 18.4 Å². The smallest absolute Gasteiger partial charge is 0.297 e. The van der Waals surface area contributed by atoms with Crippen LogP contribution in [-0.4, -0.2) is 21.6 Å². The van der Waals surface area contributed by atoms with Gasteiger partial charge in [0.1, 0.15) is 5.15 Å². The number of aromatic amines is 1. The van der Waals surface area contributed by atoms with Gasteiger partial charge in [-0.25, -0.2) is 4.79 Å². The van der Waals surface area contributed by atoms with Gasteiger partial charge in [-0.3, -0.25) is 14.3 Å². The number of nitrogens with zero attached hydrogens (tertiary/aromatic N) is 1. The molecule has 1 aromatic heterocycles. The molecule has 6 heteroatoms. The standard InChI is InChI=1S/C10H15ClN2O2S/c1-7-8(11)12-10(15)13(9(7)14)5-3-4-6-16-2/h3-6H2,1-2H3,(H,12,15). The highest BCUT2D eigenvalue weighted by Gasteiger charge is 2.07. The predicted molar refractivity (Wildman–Crippen MR) is 68.7 cm³/mol. The summed E-state index contributed by atoms with van der Waals surface area (Å²) in [6.45, 7) is 2.06. The highest BCUT2D eigenvalue weighted by molar-refractivity contribution is 7.98. The number of hydrogen-bond donors (Lipinski definition) is 1. The normalized spacial score (nSPS) is 10.7. The average molecular weight is 263 g/mol. The zero-order chi connectivity index (χ0) is 12.1. The summed E-state index contributed by atoms with van der Waals surface area (Å²) < 4.78 is 1.21. The fourth-order valence-electron chi connectivity index (χ4n) is 1.36. The van der Waals surface area contributed by atoms with Gasteiger partial charge in [-0.2, -0.15) is 11.8 Å². The van der Waals surface area contributed by atoms with Gasteiger partial charge in [0.25, 0.3) is 5.56 Å². The molecule has 0 amide bonds. The van der Waals surface area contributed by atoms with Gasteiger partial charge >= 0.3 is 5.69 Å². The van der Waals surface area contributed by atoms with Crippen molar-refractivity contribution in [3.8, 4) is 0 Å². The lowest BCUT2D eigenvalue weighted by Gasteiger charge is -2.06. The van der Waals surface area contributed by atoms with Crippen LogP contribution in [0.2, 0.25) is 5.15 Å². The van der Waals surface area contributed by atoms with Crippen LogP contribution in [0.5, 0.6) is 0 Å². The SMILES string of the molecule is CSCCCCn1c(=O)[nH]c(Cl)c(C)c1=O. The Bertz CT molecular complexity index is 467. The van der Waals surface area contributed by atoms with Crippen molar-refractivity contribution in [1.29, 1.82) is 0 Å². The van der Waals surface area contributed by atoms with Gasteiger partial charge in [-0.1, -0.05) is 11.6 Å². The lowest BCUT2D eigenvalue weighted by molar-refractivity contribution is 0.582. The van der Waals surface area contributed by atoms with Crippen LogP contribution in [0, 0.1) is 6.92 Å². The summed E-state index contributed by atoms with van der Waals surface area (Å²) >= 11 is 7.46. The Hall–Kier alpha value is -0.680. The van der Waals surface area contributed by atoms with Crippen molar-refractivity contribution in [3.05, 3.63) is 31.6 Å². The van der Waals surface area contributed by atoms with E-state index in [4.69, 9.17) is 11.6 Å². The first-order chi connectivity index (χ1) is 7.57. The third kappa shape index (κ3) is 3.15. The van der Waals surface area contributed by atoms with Gasteiger partial charge in [-0.05, 0) is 31.8 Å². The molecule has 0 radical (unpaired) electrons.